The van der Waals surface area contributed by atoms with Gasteiger partial charge in [-0.15, -0.1) is 0 Å². The highest BCUT2D eigenvalue weighted by atomic mass is 35.5. The van der Waals surface area contributed by atoms with Crippen LogP contribution in [0, 0.1) is 11.7 Å². The molecule has 0 radical (unpaired) electrons. The molecule has 4 atom stereocenters. The van der Waals surface area contributed by atoms with Crippen molar-refractivity contribution >= 4 is 23.5 Å². The minimum Gasteiger partial charge on any atom is -0.489 e. The van der Waals surface area contributed by atoms with Crippen LogP contribution in [0.3, 0.4) is 0 Å². The highest BCUT2D eigenvalue weighted by Gasteiger charge is 2.47. The van der Waals surface area contributed by atoms with E-state index in [2.05, 4.69) is 16.4 Å². The molecule has 0 bridgehead atoms. The maximum Gasteiger partial charge on any atom is 0.337 e. The number of halogens is 2. The number of aliphatic hydroxyl groups is 1. The summed E-state index contributed by atoms with van der Waals surface area (Å²) in [5, 5.41) is 31.5. The van der Waals surface area contributed by atoms with Gasteiger partial charge in [0, 0.05) is 40.7 Å². The van der Waals surface area contributed by atoms with Gasteiger partial charge in [-0.3, -0.25) is 15.1 Å². The predicted octanol–water partition coefficient (Wildman–Crippen LogP) is 6.19. The predicted molar refractivity (Wildman–Crippen MR) is 166 cm³/mol. The number of hydrogen-bond acceptors (Lipinski definition) is 6. The van der Waals surface area contributed by atoms with Gasteiger partial charge in [-0.2, -0.15) is 0 Å². The second-order valence-corrected chi connectivity index (χ2v) is 12.0. The molecule has 0 spiro atoms. The van der Waals surface area contributed by atoms with Crippen LogP contribution in [-0.4, -0.2) is 44.9 Å². The Morgan fingerprint density at radius 2 is 1.82 bits per heavy atom. The molecule has 0 saturated heterocycles. The van der Waals surface area contributed by atoms with Gasteiger partial charge in [0.25, 0.3) is 0 Å². The second kappa shape index (κ2) is 13.0. The fraction of sp³-hybridized carbons (Fsp3) is 0.286. The third-order valence-corrected chi connectivity index (χ3v) is 9.20. The maximum absolute atomic E-state index is 14.7. The van der Waals surface area contributed by atoms with Crippen molar-refractivity contribution in [2.75, 3.05) is 6.61 Å². The summed E-state index contributed by atoms with van der Waals surface area (Å²) < 4.78 is 20.9. The molecule has 45 heavy (non-hydrogen) atoms. The average molecular weight is 631 g/mol. The van der Waals surface area contributed by atoms with Crippen molar-refractivity contribution in [3.63, 3.8) is 0 Å². The van der Waals surface area contributed by atoms with Crippen LogP contribution in [0.25, 0.3) is 11.1 Å². The van der Waals surface area contributed by atoms with Crippen LogP contribution in [0.15, 0.2) is 73.1 Å². The minimum absolute atomic E-state index is 0.0352. The summed E-state index contributed by atoms with van der Waals surface area (Å²) in [4.78, 5) is 26.9. The molecule has 8 nitrogen and oxygen atoms in total. The van der Waals surface area contributed by atoms with Crippen molar-refractivity contribution in [1.82, 2.24) is 10.3 Å². The molecule has 1 aromatic heterocycles. The molecule has 10 heteroatoms. The minimum atomic E-state index is -1.19. The van der Waals surface area contributed by atoms with Gasteiger partial charge >= 0.3 is 11.9 Å². The van der Waals surface area contributed by atoms with Crippen LogP contribution < -0.4 is 10.1 Å². The third-order valence-electron chi connectivity index (χ3n) is 8.87. The van der Waals surface area contributed by atoms with Crippen molar-refractivity contribution in [3.8, 4) is 16.9 Å². The number of benzene rings is 3. The first-order valence-electron chi connectivity index (χ1n) is 14.8. The quantitative estimate of drug-likeness (QED) is 0.146. The highest BCUT2D eigenvalue weighted by molar-refractivity contribution is 6.31. The Labute approximate surface area is 264 Å². The van der Waals surface area contributed by atoms with E-state index in [1.54, 1.807) is 12.1 Å². The van der Waals surface area contributed by atoms with E-state index in [-0.39, 0.29) is 30.5 Å². The first-order chi connectivity index (χ1) is 21.7. The molecule has 1 saturated carbocycles. The van der Waals surface area contributed by atoms with Crippen molar-refractivity contribution in [3.05, 3.63) is 117 Å². The van der Waals surface area contributed by atoms with Crippen molar-refractivity contribution in [2.24, 2.45) is 5.92 Å². The van der Waals surface area contributed by atoms with Crippen molar-refractivity contribution < 1.29 is 34.0 Å². The third kappa shape index (κ3) is 6.42. The Balaban J connectivity index is 1.26. The normalized spacial score (nSPS) is 19.1. The number of ether oxygens (including phenoxy) is 1. The van der Waals surface area contributed by atoms with Crippen LogP contribution in [-0.2, 0) is 24.4 Å². The van der Waals surface area contributed by atoms with Crippen LogP contribution in [0.5, 0.6) is 5.75 Å². The number of hydrogen-bond donors (Lipinski definition) is 4. The van der Waals surface area contributed by atoms with Gasteiger partial charge in [-0.1, -0.05) is 48.0 Å². The smallest absolute Gasteiger partial charge is 0.337 e. The van der Waals surface area contributed by atoms with E-state index in [4.69, 9.17) is 16.3 Å². The molecule has 4 N–H and O–H groups in total. The van der Waals surface area contributed by atoms with Crippen LogP contribution in [0.2, 0.25) is 5.02 Å². The molecule has 3 aromatic carbocycles. The number of carboxylic acid groups (broad SMARTS) is 2. The number of rotatable bonds is 12. The van der Waals surface area contributed by atoms with Gasteiger partial charge in [0.1, 0.15) is 24.2 Å². The van der Waals surface area contributed by atoms with Gasteiger partial charge in [0.05, 0.1) is 12.2 Å². The first-order valence-corrected chi connectivity index (χ1v) is 15.2. The molecule has 1 fully saturated rings. The highest BCUT2D eigenvalue weighted by Crippen LogP contribution is 2.60. The van der Waals surface area contributed by atoms with Crippen LogP contribution in [0.4, 0.5) is 4.39 Å². The van der Waals surface area contributed by atoms with Gasteiger partial charge in [0.2, 0.25) is 0 Å². The van der Waals surface area contributed by atoms with Crippen LogP contribution in [0.1, 0.15) is 62.9 Å². The van der Waals surface area contributed by atoms with E-state index >= 15 is 0 Å². The molecule has 6 rings (SSSR count). The number of aliphatic hydroxyl groups excluding tert-OH is 1. The summed E-state index contributed by atoms with van der Waals surface area (Å²) >= 11 is 6.85. The Kier molecular flexibility index (Phi) is 8.85. The molecule has 232 valence electrons. The average Bonchev–Trinajstić information content (AvgIpc) is 3.69. The number of fused-ring (bicyclic) bond motifs is 1. The van der Waals surface area contributed by atoms with E-state index in [9.17, 15) is 29.3 Å². The van der Waals surface area contributed by atoms with E-state index in [0.717, 1.165) is 30.4 Å². The summed E-state index contributed by atoms with van der Waals surface area (Å²) in [6, 6.07) is 17.0. The standard InChI is InChI=1S/C35H32ClFN2O6/c36-30-11-20(16-39-32(17-40)35(43)44)33(45-18-19-10-21(34(41)42)15-38-14-19)13-29(30)28-12-27(28)25-9-8-24-22(25)5-3-6-23(24)26-4-1-2-7-31(26)37/h1-7,10-11,13-15,25,27-28,32,39-40H,8-9,12,16-18H2,(H,41,42)(H,43,44)/t25-,27?,28?,32-/m0/s1. The first kappa shape index (κ1) is 30.7. The lowest BCUT2D eigenvalue weighted by Crippen LogP contribution is -2.39. The molecule has 1 heterocycles. The van der Waals surface area contributed by atoms with Crippen LogP contribution >= 0.6 is 11.6 Å². The zero-order valence-corrected chi connectivity index (χ0v) is 25.0. The molecule has 4 aromatic rings. The van der Waals surface area contributed by atoms with Gasteiger partial charge in [-0.05, 0) is 83.5 Å². The molecule has 0 amide bonds. The lowest BCUT2D eigenvalue weighted by molar-refractivity contribution is -0.140. The topological polar surface area (TPSA) is 129 Å². The summed E-state index contributed by atoms with van der Waals surface area (Å²) in [5.74, 6) is -1.20. The number of carboxylic acids is 2. The molecule has 0 aliphatic heterocycles. The van der Waals surface area contributed by atoms with Crippen molar-refractivity contribution in [1.29, 1.82) is 0 Å². The summed E-state index contributed by atoms with van der Waals surface area (Å²) in [6.45, 7) is -0.479. The zero-order chi connectivity index (χ0) is 31.7. The SMILES string of the molecule is O=C(O)c1cncc(COc2cc(C3CC3[C@H]3CCc4c(-c5ccccc5F)cccc43)c(Cl)cc2CN[C@@H](CO)C(=O)O)c1. The maximum atomic E-state index is 14.7. The van der Waals surface area contributed by atoms with Gasteiger partial charge < -0.3 is 20.1 Å². The number of nitrogens with zero attached hydrogens (tertiary/aromatic N) is 1. The van der Waals surface area contributed by atoms with E-state index < -0.39 is 24.6 Å². The van der Waals surface area contributed by atoms with Gasteiger partial charge in [-0.25, -0.2) is 9.18 Å². The molecular weight excluding hydrogens is 599 g/mol. The number of aliphatic carboxylic acids is 1. The lowest BCUT2D eigenvalue weighted by Gasteiger charge is -2.18. The van der Waals surface area contributed by atoms with E-state index in [1.807, 2.05) is 30.3 Å². The molecule has 2 unspecified atom stereocenters. The lowest BCUT2D eigenvalue weighted by atomic mass is 9.90. The molecule has 2 aliphatic carbocycles. The van der Waals surface area contributed by atoms with E-state index in [1.165, 1.54) is 35.7 Å². The Bertz CT molecular complexity index is 1760. The monoisotopic (exact) mass is 630 g/mol. The fourth-order valence-corrected chi connectivity index (χ4v) is 6.88. The largest absolute Gasteiger partial charge is 0.489 e. The molecule has 2 aliphatic rings. The van der Waals surface area contributed by atoms with Crippen molar-refractivity contribution in [2.45, 2.75) is 50.3 Å². The Hall–Kier alpha value is -4.31. The number of carbonyl (C=O) groups is 2. The Morgan fingerprint density at radius 1 is 1.02 bits per heavy atom. The number of aromatic nitrogens is 1. The number of aromatic carboxylic acids is 1. The second-order valence-electron chi connectivity index (χ2n) is 11.6. The number of pyridine rings is 1. The summed E-state index contributed by atoms with van der Waals surface area (Å²) in [6.07, 6.45) is 5.56. The number of nitrogens with one attached hydrogen (secondary N) is 1. The van der Waals surface area contributed by atoms with Gasteiger partial charge in [0.15, 0.2) is 0 Å². The summed E-state index contributed by atoms with van der Waals surface area (Å²) in [7, 11) is 0. The fourth-order valence-electron chi connectivity index (χ4n) is 6.55. The molecular formula is C35H32ClFN2O6. The van der Waals surface area contributed by atoms with E-state index in [0.29, 0.717) is 39.3 Å². The zero-order valence-electron chi connectivity index (χ0n) is 24.2. The summed E-state index contributed by atoms with van der Waals surface area (Å²) in [5.41, 5.74) is 6.14. The Morgan fingerprint density at radius 3 is 2.58 bits per heavy atom.